The highest BCUT2D eigenvalue weighted by Crippen LogP contribution is 2.27. The molecule has 0 aromatic heterocycles. The molecule has 3 rings (SSSR count). The number of rotatable bonds is 6. The summed E-state index contributed by atoms with van der Waals surface area (Å²) in [6, 6.07) is 9.94. The first-order chi connectivity index (χ1) is 12.9. The molecular formula is C22H27F3N2. The Kier molecular flexibility index (Phi) is 6.55. The standard InChI is InChI=1S/C22H27F3N2/c1-15-4-6-16(7-5-15)17-3-2-9-27(14-17)10-8-19(26)11-18-12-21(24)22(25)13-20(18)23/h4-7,12-13,17,19H,2-3,8-11,14,26H2,1H3. The highest BCUT2D eigenvalue weighted by molar-refractivity contribution is 5.25. The second kappa shape index (κ2) is 8.89. The topological polar surface area (TPSA) is 29.3 Å². The number of nitrogens with two attached hydrogens (primary N) is 1. The van der Waals surface area contributed by atoms with Gasteiger partial charge in [0.05, 0.1) is 0 Å². The van der Waals surface area contributed by atoms with Crippen LogP contribution in [0.5, 0.6) is 0 Å². The molecule has 0 amide bonds. The number of benzene rings is 2. The smallest absolute Gasteiger partial charge is 0.161 e. The molecule has 2 atom stereocenters. The van der Waals surface area contributed by atoms with Crippen LogP contribution in [0.1, 0.15) is 41.9 Å². The van der Waals surface area contributed by atoms with Gasteiger partial charge in [0.2, 0.25) is 0 Å². The fourth-order valence-electron chi connectivity index (χ4n) is 3.82. The van der Waals surface area contributed by atoms with E-state index in [1.807, 2.05) is 0 Å². The predicted octanol–water partition coefficient (Wildman–Crippen LogP) is 4.55. The van der Waals surface area contributed by atoms with E-state index in [0.29, 0.717) is 18.4 Å². The second-order valence-corrected chi connectivity index (χ2v) is 7.66. The summed E-state index contributed by atoms with van der Waals surface area (Å²) in [6.07, 6.45) is 3.23. The molecule has 2 unspecified atom stereocenters. The molecule has 27 heavy (non-hydrogen) atoms. The van der Waals surface area contributed by atoms with Gasteiger partial charge in [0.25, 0.3) is 0 Å². The van der Waals surface area contributed by atoms with Gasteiger partial charge in [-0.25, -0.2) is 13.2 Å². The van der Waals surface area contributed by atoms with Crippen LogP contribution in [0, 0.1) is 24.4 Å². The largest absolute Gasteiger partial charge is 0.327 e. The SMILES string of the molecule is Cc1ccc(C2CCCN(CCC(N)Cc3cc(F)c(F)cc3F)C2)cc1. The zero-order valence-corrected chi connectivity index (χ0v) is 15.7. The Morgan fingerprint density at radius 2 is 1.78 bits per heavy atom. The average molecular weight is 376 g/mol. The summed E-state index contributed by atoms with van der Waals surface area (Å²) in [4.78, 5) is 2.40. The molecule has 5 heteroatoms. The summed E-state index contributed by atoms with van der Waals surface area (Å²) < 4.78 is 40.1. The van der Waals surface area contributed by atoms with Gasteiger partial charge in [0.15, 0.2) is 11.6 Å². The molecule has 1 heterocycles. The Labute approximate surface area is 159 Å². The summed E-state index contributed by atoms with van der Waals surface area (Å²) in [6.45, 7) is 4.95. The normalized spacial score (nSPS) is 19.2. The van der Waals surface area contributed by atoms with E-state index in [4.69, 9.17) is 5.73 Å². The lowest BCUT2D eigenvalue weighted by Gasteiger charge is -2.33. The molecule has 0 saturated carbocycles. The van der Waals surface area contributed by atoms with Crippen LogP contribution in [-0.2, 0) is 6.42 Å². The van der Waals surface area contributed by atoms with Crippen molar-refractivity contribution in [2.45, 2.75) is 44.6 Å². The molecule has 1 aliphatic heterocycles. The minimum absolute atomic E-state index is 0.137. The zero-order valence-electron chi connectivity index (χ0n) is 15.7. The average Bonchev–Trinajstić information content (AvgIpc) is 2.65. The van der Waals surface area contributed by atoms with Crippen molar-refractivity contribution >= 4 is 0 Å². The fourth-order valence-corrected chi connectivity index (χ4v) is 3.82. The maximum absolute atomic E-state index is 13.8. The first-order valence-electron chi connectivity index (χ1n) is 9.60. The molecule has 0 spiro atoms. The molecular weight excluding hydrogens is 349 g/mol. The number of halogens is 3. The van der Waals surface area contributed by atoms with Crippen LogP contribution in [0.15, 0.2) is 36.4 Å². The van der Waals surface area contributed by atoms with Crippen LogP contribution < -0.4 is 5.73 Å². The Morgan fingerprint density at radius 3 is 2.52 bits per heavy atom. The molecule has 1 saturated heterocycles. The van der Waals surface area contributed by atoms with Crippen LogP contribution in [0.3, 0.4) is 0 Å². The van der Waals surface area contributed by atoms with Crippen molar-refractivity contribution < 1.29 is 13.2 Å². The monoisotopic (exact) mass is 376 g/mol. The van der Waals surface area contributed by atoms with E-state index in [0.717, 1.165) is 32.1 Å². The van der Waals surface area contributed by atoms with E-state index in [2.05, 4.69) is 36.1 Å². The highest BCUT2D eigenvalue weighted by Gasteiger charge is 2.22. The second-order valence-electron chi connectivity index (χ2n) is 7.66. The molecule has 2 aromatic rings. The minimum atomic E-state index is -1.17. The van der Waals surface area contributed by atoms with Gasteiger partial charge in [-0.3, -0.25) is 0 Å². The van der Waals surface area contributed by atoms with Crippen molar-refractivity contribution in [3.63, 3.8) is 0 Å². The lowest BCUT2D eigenvalue weighted by molar-refractivity contribution is 0.201. The van der Waals surface area contributed by atoms with E-state index in [1.165, 1.54) is 17.5 Å². The van der Waals surface area contributed by atoms with Crippen molar-refractivity contribution in [3.8, 4) is 0 Å². The number of hydrogen-bond donors (Lipinski definition) is 1. The van der Waals surface area contributed by atoms with Crippen LogP contribution >= 0.6 is 0 Å². The first-order valence-corrected chi connectivity index (χ1v) is 9.60. The van der Waals surface area contributed by atoms with E-state index in [-0.39, 0.29) is 18.0 Å². The van der Waals surface area contributed by atoms with Gasteiger partial charge in [0, 0.05) is 18.7 Å². The van der Waals surface area contributed by atoms with Gasteiger partial charge in [-0.1, -0.05) is 29.8 Å². The van der Waals surface area contributed by atoms with E-state index < -0.39 is 17.5 Å². The Hall–Kier alpha value is -1.85. The molecule has 1 aliphatic rings. The van der Waals surface area contributed by atoms with Gasteiger partial charge < -0.3 is 10.6 Å². The van der Waals surface area contributed by atoms with Gasteiger partial charge >= 0.3 is 0 Å². The third-order valence-corrected chi connectivity index (χ3v) is 5.44. The van der Waals surface area contributed by atoms with Gasteiger partial charge in [-0.05, 0) is 68.8 Å². The number of likely N-dealkylation sites (tertiary alicyclic amines) is 1. The van der Waals surface area contributed by atoms with Crippen LogP contribution in [0.4, 0.5) is 13.2 Å². The number of hydrogen-bond acceptors (Lipinski definition) is 2. The minimum Gasteiger partial charge on any atom is -0.327 e. The van der Waals surface area contributed by atoms with Crippen molar-refractivity contribution in [1.29, 1.82) is 0 Å². The maximum Gasteiger partial charge on any atom is 0.161 e. The summed E-state index contributed by atoms with van der Waals surface area (Å²) in [5.41, 5.74) is 8.91. The lowest BCUT2D eigenvalue weighted by Crippen LogP contribution is -2.38. The van der Waals surface area contributed by atoms with E-state index >= 15 is 0 Å². The number of nitrogens with zero attached hydrogens (tertiary/aromatic N) is 1. The third-order valence-electron chi connectivity index (χ3n) is 5.44. The molecule has 146 valence electrons. The van der Waals surface area contributed by atoms with E-state index in [9.17, 15) is 13.2 Å². The van der Waals surface area contributed by atoms with Crippen molar-refractivity contribution in [2.24, 2.45) is 5.73 Å². The van der Waals surface area contributed by atoms with Gasteiger partial charge in [-0.2, -0.15) is 0 Å². The molecule has 0 radical (unpaired) electrons. The van der Waals surface area contributed by atoms with Crippen LogP contribution in [-0.4, -0.2) is 30.6 Å². The molecule has 2 aromatic carbocycles. The van der Waals surface area contributed by atoms with Crippen molar-refractivity contribution in [3.05, 3.63) is 70.5 Å². The first kappa shape index (κ1) is 19.9. The molecule has 2 N–H and O–H groups in total. The quantitative estimate of drug-likeness (QED) is 0.750. The maximum atomic E-state index is 13.8. The van der Waals surface area contributed by atoms with Gasteiger partial charge in [-0.15, -0.1) is 0 Å². The number of aryl methyl sites for hydroxylation is 1. The van der Waals surface area contributed by atoms with Gasteiger partial charge in [0.1, 0.15) is 5.82 Å². The predicted molar refractivity (Wildman–Crippen MR) is 102 cm³/mol. The Balaban J connectivity index is 1.52. The summed E-state index contributed by atoms with van der Waals surface area (Å²) in [5, 5.41) is 0. The summed E-state index contributed by atoms with van der Waals surface area (Å²) >= 11 is 0. The third kappa shape index (κ3) is 5.33. The van der Waals surface area contributed by atoms with Crippen molar-refractivity contribution in [1.82, 2.24) is 4.90 Å². The molecule has 1 fully saturated rings. The van der Waals surface area contributed by atoms with Crippen LogP contribution in [0.25, 0.3) is 0 Å². The highest BCUT2D eigenvalue weighted by atomic mass is 19.2. The molecule has 2 nitrogen and oxygen atoms in total. The Bertz CT molecular complexity index is 761. The lowest BCUT2D eigenvalue weighted by atomic mass is 9.90. The fraction of sp³-hybridized carbons (Fsp3) is 0.455. The number of piperidine rings is 1. The van der Waals surface area contributed by atoms with Crippen LogP contribution in [0.2, 0.25) is 0 Å². The van der Waals surface area contributed by atoms with E-state index in [1.54, 1.807) is 0 Å². The summed E-state index contributed by atoms with van der Waals surface area (Å²) in [5.74, 6) is -2.41. The molecule has 0 aliphatic carbocycles. The van der Waals surface area contributed by atoms with Crippen molar-refractivity contribution in [2.75, 3.05) is 19.6 Å². The molecule has 0 bridgehead atoms. The Morgan fingerprint density at radius 1 is 1.07 bits per heavy atom. The zero-order chi connectivity index (χ0) is 19.4. The summed E-state index contributed by atoms with van der Waals surface area (Å²) in [7, 11) is 0.